The first-order valence-corrected chi connectivity index (χ1v) is 10.3. The second kappa shape index (κ2) is 8.27. The standard InChI is InChI=1S/C20H19N3O5S/c1-3-28-19(24)18-12-17(22-23-18)14-6-8-15(9-7-14)21-20(25)29(26,27)16-10-4-13(2)5-11-16/h4-12H,3H2,1-2H3,(H,21,25)(H,22,23). The largest absolute Gasteiger partial charge is 0.461 e. The Hall–Kier alpha value is -3.46. The average molecular weight is 413 g/mol. The van der Waals surface area contributed by atoms with E-state index >= 15 is 0 Å². The van der Waals surface area contributed by atoms with E-state index in [1.165, 1.54) is 12.1 Å². The molecular weight excluding hydrogens is 394 g/mol. The van der Waals surface area contributed by atoms with Crippen molar-refractivity contribution < 1.29 is 22.7 Å². The summed E-state index contributed by atoms with van der Waals surface area (Å²) in [7, 11) is -4.15. The van der Waals surface area contributed by atoms with Crippen LogP contribution in [0, 0.1) is 6.92 Å². The lowest BCUT2D eigenvalue weighted by Crippen LogP contribution is -2.21. The number of carbonyl (C=O) groups is 2. The van der Waals surface area contributed by atoms with Crippen molar-refractivity contribution in [3.05, 3.63) is 65.9 Å². The number of H-pyrrole nitrogens is 1. The third-order valence-electron chi connectivity index (χ3n) is 4.08. The number of aryl methyl sites for hydroxylation is 1. The summed E-state index contributed by atoms with van der Waals surface area (Å²) in [5, 5.41) is 7.93. The summed E-state index contributed by atoms with van der Waals surface area (Å²) in [5.41, 5.74) is 2.62. The summed E-state index contributed by atoms with van der Waals surface area (Å²) in [6.07, 6.45) is 0. The van der Waals surface area contributed by atoms with Gasteiger partial charge < -0.3 is 10.1 Å². The molecule has 3 aromatic rings. The van der Waals surface area contributed by atoms with Crippen LogP contribution in [0.5, 0.6) is 0 Å². The van der Waals surface area contributed by atoms with Crippen molar-refractivity contribution in [3.8, 4) is 11.3 Å². The van der Waals surface area contributed by atoms with Crippen molar-refractivity contribution in [2.75, 3.05) is 11.9 Å². The molecule has 2 aromatic carbocycles. The number of hydrogen-bond acceptors (Lipinski definition) is 6. The van der Waals surface area contributed by atoms with Crippen LogP contribution < -0.4 is 5.32 Å². The highest BCUT2D eigenvalue weighted by atomic mass is 32.2. The van der Waals surface area contributed by atoms with Crippen LogP contribution in [0.3, 0.4) is 0 Å². The average Bonchev–Trinajstić information content (AvgIpc) is 3.19. The van der Waals surface area contributed by atoms with E-state index in [2.05, 4.69) is 15.5 Å². The maximum absolute atomic E-state index is 12.4. The molecule has 0 unspecified atom stereocenters. The van der Waals surface area contributed by atoms with Crippen molar-refractivity contribution in [1.29, 1.82) is 0 Å². The minimum absolute atomic E-state index is 0.0692. The highest BCUT2D eigenvalue weighted by molar-refractivity contribution is 8.06. The first kappa shape index (κ1) is 20.3. The van der Waals surface area contributed by atoms with Gasteiger partial charge in [0.05, 0.1) is 17.2 Å². The number of nitrogens with one attached hydrogen (secondary N) is 2. The van der Waals surface area contributed by atoms with E-state index < -0.39 is 21.0 Å². The number of aromatic amines is 1. The number of esters is 1. The quantitative estimate of drug-likeness (QED) is 0.618. The number of anilines is 1. The predicted molar refractivity (Wildman–Crippen MR) is 107 cm³/mol. The summed E-state index contributed by atoms with van der Waals surface area (Å²) in [4.78, 5) is 23.9. The summed E-state index contributed by atoms with van der Waals surface area (Å²) >= 11 is 0. The van der Waals surface area contributed by atoms with Gasteiger partial charge in [-0.25, -0.2) is 13.2 Å². The van der Waals surface area contributed by atoms with Gasteiger partial charge in [0.1, 0.15) is 5.69 Å². The van der Waals surface area contributed by atoms with Crippen LogP contribution in [-0.2, 0) is 14.6 Å². The Morgan fingerprint density at radius 2 is 1.72 bits per heavy atom. The zero-order valence-electron chi connectivity index (χ0n) is 15.8. The Bertz CT molecular complexity index is 1130. The van der Waals surface area contributed by atoms with Crippen LogP contribution in [0.1, 0.15) is 23.0 Å². The molecule has 3 rings (SSSR count). The van der Waals surface area contributed by atoms with Crippen LogP contribution in [-0.4, -0.2) is 36.4 Å². The number of ether oxygens (including phenoxy) is 1. The maximum atomic E-state index is 12.4. The van der Waals surface area contributed by atoms with Crippen LogP contribution >= 0.6 is 0 Å². The number of nitrogens with zero attached hydrogens (tertiary/aromatic N) is 1. The summed E-state index contributed by atoms with van der Waals surface area (Å²) in [6, 6.07) is 14.0. The number of amides is 1. The number of benzene rings is 2. The maximum Gasteiger partial charge on any atom is 0.356 e. The van der Waals surface area contributed by atoms with Crippen molar-refractivity contribution in [3.63, 3.8) is 0 Å². The second-order valence-electron chi connectivity index (χ2n) is 6.19. The Balaban J connectivity index is 1.73. The van der Waals surface area contributed by atoms with Crippen LogP contribution in [0.4, 0.5) is 10.5 Å². The molecule has 2 N–H and O–H groups in total. The highest BCUT2D eigenvalue weighted by Gasteiger charge is 2.24. The fraction of sp³-hybridized carbons (Fsp3) is 0.150. The van der Waals surface area contributed by atoms with Crippen molar-refractivity contribution in [1.82, 2.24) is 10.2 Å². The SMILES string of the molecule is CCOC(=O)c1cc(-c2ccc(NC(=O)S(=O)(=O)c3ccc(C)cc3)cc2)n[nH]1. The molecule has 0 aliphatic rings. The molecule has 150 valence electrons. The molecule has 1 aromatic heterocycles. The van der Waals surface area contributed by atoms with E-state index in [1.54, 1.807) is 49.4 Å². The summed E-state index contributed by atoms with van der Waals surface area (Å²) in [6.45, 7) is 3.79. The number of aromatic nitrogens is 2. The fourth-order valence-electron chi connectivity index (χ4n) is 2.52. The normalized spacial score (nSPS) is 11.1. The number of sulfone groups is 1. The fourth-order valence-corrected chi connectivity index (χ4v) is 3.48. The molecule has 0 saturated carbocycles. The van der Waals surface area contributed by atoms with Gasteiger partial charge in [0.15, 0.2) is 0 Å². The molecule has 8 nitrogen and oxygen atoms in total. The molecule has 0 aliphatic heterocycles. The van der Waals surface area contributed by atoms with E-state index in [-0.39, 0.29) is 17.2 Å². The van der Waals surface area contributed by atoms with Gasteiger partial charge in [0.25, 0.3) is 9.84 Å². The smallest absolute Gasteiger partial charge is 0.356 e. The van der Waals surface area contributed by atoms with Gasteiger partial charge in [-0.3, -0.25) is 9.89 Å². The Labute approximate surface area is 167 Å². The molecule has 1 amide bonds. The molecule has 0 bridgehead atoms. The number of carbonyl (C=O) groups excluding carboxylic acids is 2. The van der Waals surface area contributed by atoms with E-state index in [0.717, 1.165) is 5.56 Å². The van der Waals surface area contributed by atoms with Gasteiger partial charge >= 0.3 is 11.2 Å². The Morgan fingerprint density at radius 1 is 1.07 bits per heavy atom. The molecule has 29 heavy (non-hydrogen) atoms. The van der Waals surface area contributed by atoms with E-state index in [0.29, 0.717) is 16.9 Å². The zero-order valence-corrected chi connectivity index (χ0v) is 16.6. The van der Waals surface area contributed by atoms with Crippen LogP contribution in [0.25, 0.3) is 11.3 Å². The molecule has 0 atom stereocenters. The molecule has 9 heteroatoms. The molecular formula is C20H19N3O5S. The predicted octanol–water partition coefficient (Wildman–Crippen LogP) is 3.57. The van der Waals surface area contributed by atoms with E-state index in [9.17, 15) is 18.0 Å². The van der Waals surface area contributed by atoms with Crippen molar-refractivity contribution >= 4 is 26.7 Å². The third-order valence-corrected chi connectivity index (χ3v) is 5.56. The lowest BCUT2D eigenvalue weighted by atomic mass is 10.1. The molecule has 0 aliphatic carbocycles. The molecule has 1 heterocycles. The lowest BCUT2D eigenvalue weighted by molar-refractivity contribution is 0.0519. The van der Waals surface area contributed by atoms with Gasteiger partial charge in [-0.15, -0.1) is 0 Å². The zero-order chi connectivity index (χ0) is 21.0. The van der Waals surface area contributed by atoms with E-state index in [1.807, 2.05) is 6.92 Å². The Kier molecular flexibility index (Phi) is 5.79. The highest BCUT2D eigenvalue weighted by Crippen LogP contribution is 2.22. The summed E-state index contributed by atoms with van der Waals surface area (Å²) in [5.74, 6) is -0.503. The Morgan fingerprint density at radius 3 is 2.34 bits per heavy atom. The topological polar surface area (TPSA) is 118 Å². The van der Waals surface area contributed by atoms with Crippen LogP contribution in [0.2, 0.25) is 0 Å². The van der Waals surface area contributed by atoms with Crippen molar-refractivity contribution in [2.45, 2.75) is 18.7 Å². The summed E-state index contributed by atoms with van der Waals surface area (Å²) < 4.78 is 29.7. The first-order valence-electron chi connectivity index (χ1n) is 8.77. The molecule has 0 fully saturated rings. The number of rotatable bonds is 5. The first-order chi connectivity index (χ1) is 13.8. The monoisotopic (exact) mass is 413 g/mol. The van der Waals surface area contributed by atoms with Gasteiger partial charge in [-0.2, -0.15) is 5.10 Å². The number of hydrogen-bond donors (Lipinski definition) is 2. The molecule has 0 spiro atoms. The minimum atomic E-state index is -4.15. The van der Waals surface area contributed by atoms with Crippen LogP contribution in [0.15, 0.2) is 59.5 Å². The van der Waals surface area contributed by atoms with Crippen molar-refractivity contribution in [2.24, 2.45) is 0 Å². The van der Waals surface area contributed by atoms with Gasteiger partial charge in [-0.05, 0) is 44.2 Å². The lowest BCUT2D eigenvalue weighted by Gasteiger charge is -2.07. The van der Waals surface area contributed by atoms with E-state index in [4.69, 9.17) is 4.74 Å². The van der Waals surface area contributed by atoms with Gasteiger partial charge in [0.2, 0.25) is 0 Å². The minimum Gasteiger partial charge on any atom is -0.461 e. The molecule has 0 saturated heterocycles. The third kappa shape index (κ3) is 4.52. The molecule has 0 radical (unpaired) electrons. The van der Waals surface area contributed by atoms with Gasteiger partial charge in [0, 0.05) is 11.3 Å². The van der Waals surface area contributed by atoms with Gasteiger partial charge in [-0.1, -0.05) is 29.8 Å². The second-order valence-corrected chi connectivity index (χ2v) is 8.04.